The Morgan fingerprint density at radius 1 is 1.20 bits per heavy atom. The molecule has 15 heavy (non-hydrogen) atoms. The second-order valence-electron chi connectivity index (χ2n) is 3.69. The number of hydrogen-bond donors (Lipinski definition) is 2. The summed E-state index contributed by atoms with van der Waals surface area (Å²) in [6.07, 6.45) is 0. The molecule has 0 spiro atoms. The Balaban J connectivity index is 2.98. The lowest BCUT2D eigenvalue weighted by Crippen LogP contribution is -2.28. The van der Waals surface area contributed by atoms with E-state index in [0.29, 0.717) is 18.7 Å². The van der Waals surface area contributed by atoms with Crippen LogP contribution in [0.1, 0.15) is 18.4 Å². The van der Waals surface area contributed by atoms with Crippen LogP contribution in [-0.2, 0) is 0 Å². The first-order chi connectivity index (χ1) is 7.10. The van der Waals surface area contributed by atoms with Gasteiger partial charge in [0.05, 0.1) is 0 Å². The van der Waals surface area contributed by atoms with Crippen molar-refractivity contribution in [3.05, 3.63) is 35.4 Å². The topological polar surface area (TPSA) is 52.0 Å². The van der Waals surface area contributed by atoms with E-state index in [1.165, 1.54) is 6.07 Å². The largest absolute Gasteiger partial charge is 0.330 e. The third kappa shape index (κ3) is 2.73. The van der Waals surface area contributed by atoms with Crippen LogP contribution in [-0.4, -0.2) is 13.1 Å². The van der Waals surface area contributed by atoms with Crippen molar-refractivity contribution in [1.82, 2.24) is 0 Å². The molecule has 0 amide bonds. The number of halogens is 2. The highest BCUT2D eigenvalue weighted by Gasteiger charge is 2.19. The lowest BCUT2D eigenvalue weighted by Gasteiger charge is -2.21. The van der Waals surface area contributed by atoms with E-state index in [1.54, 1.807) is 0 Å². The SMILES string of the molecule is CC(c1cc(F)ccc1F)C(CN)CN. The smallest absolute Gasteiger partial charge is 0.126 e. The number of nitrogens with two attached hydrogens (primary N) is 2. The predicted octanol–water partition coefficient (Wildman–Crippen LogP) is 1.60. The molecular weight excluding hydrogens is 198 g/mol. The maximum Gasteiger partial charge on any atom is 0.126 e. The number of rotatable bonds is 4. The molecule has 1 aromatic carbocycles. The quantitative estimate of drug-likeness (QED) is 0.800. The molecule has 0 saturated heterocycles. The van der Waals surface area contributed by atoms with Gasteiger partial charge in [-0.2, -0.15) is 0 Å². The van der Waals surface area contributed by atoms with Crippen molar-refractivity contribution < 1.29 is 8.78 Å². The molecule has 1 unspecified atom stereocenters. The van der Waals surface area contributed by atoms with Gasteiger partial charge in [-0.25, -0.2) is 8.78 Å². The Hall–Kier alpha value is -1.00. The molecule has 1 aromatic rings. The highest BCUT2D eigenvalue weighted by Crippen LogP contribution is 2.26. The van der Waals surface area contributed by atoms with Gasteiger partial charge in [0.25, 0.3) is 0 Å². The van der Waals surface area contributed by atoms with Gasteiger partial charge in [0, 0.05) is 0 Å². The van der Waals surface area contributed by atoms with Gasteiger partial charge in [-0.15, -0.1) is 0 Å². The number of hydrogen-bond acceptors (Lipinski definition) is 2. The van der Waals surface area contributed by atoms with Crippen molar-refractivity contribution in [2.45, 2.75) is 12.8 Å². The van der Waals surface area contributed by atoms with E-state index in [4.69, 9.17) is 11.5 Å². The fourth-order valence-electron chi connectivity index (χ4n) is 1.62. The molecule has 0 aliphatic heterocycles. The van der Waals surface area contributed by atoms with Crippen LogP contribution < -0.4 is 11.5 Å². The third-order valence-electron chi connectivity index (χ3n) is 2.76. The van der Waals surface area contributed by atoms with Crippen molar-refractivity contribution in [1.29, 1.82) is 0 Å². The monoisotopic (exact) mass is 214 g/mol. The van der Waals surface area contributed by atoms with Crippen molar-refractivity contribution >= 4 is 0 Å². The van der Waals surface area contributed by atoms with E-state index in [-0.39, 0.29) is 11.8 Å². The Labute approximate surface area is 88.3 Å². The van der Waals surface area contributed by atoms with Crippen molar-refractivity contribution in [3.63, 3.8) is 0 Å². The molecule has 0 aromatic heterocycles. The van der Waals surface area contributed by atoms with E-state index in [1.807, 2.05) is 6.92 Å². The summed E-state index contributed by atoms with van der Waals surface area (Å²) in [5, 5.41) is 0. The average molecular weight is 214 g/mol. The Morgan fingerprint density at radius 3 is 2.33 bits per heavy atom. The van der Waals surface area contributed by atoms with Gasteiger partial charge in [0.2, 0.25) is 0 Å². The van der Waals surface area contributed by atoms with Gasteiger partial charge >= 0.3 is 0 Å². The van der Waals surface area contributed by atoms with E-state index in [9.17, 15) is 8.78 Å². The van der Waals surface area contributed by atoms with Gasteiger partial charge in [0.1, 0.15) is 11.6 Å². The van der Waals surface area contributed by atoms with E-state index in [2.05, 4.69) is 0 Å². The van der Waals surface area contributed by atoms with Gasteiger partial charge in [-0.1, -0.05) is 6.92 Å². The second kappa shape index (κ2) is 5.19. The molecule has 0 bridgehead atoms. The summed E-state index contributed by atoms with van der Waals surface area (Å²) in [5.41, 5.74) is 11.4. The molecule has 84 valence electrons. The van der Waals surface area contributed by atoms with Crippen LogP contribution in [0.5, 0.6) is 0 Å². The minimum absolute atomic E-state index is 0.0266. The maximum absolute atomic E-state index is 13.4. The molecule has 0 fully saturated rings. The molecule has 2 nitrogen and oxygen atoms in total. The molecular formula is C11H16F2N2. The summed E-state index contributed by atoms with van der Waals surface area (Å²) in [6, 6.07) is 3.44. The molecule has 1 rings (SSSR count). The first-order valence-corrected chi connectivity index (χ1v) is 4.95. The highest BCUT2D eigenvalue weighted by molar-refractivity contribution is 5.23. The molecule has 1 atom stereocenters. The van der Waals surface area contributed by atoms with Crippen LogP contribution in [0.15, 0.2) is 18.2 Å². The number of benzene rings is 1. The van der Waals surface area contributed by atoms with Gasteiger partial charge < -0.3 is 11.5 Å². The molecule has 4 heteroatoms. The summed E-state index contributed by atoms with van der Waals surface area (Å²) in [4.78, 5) is 0. The standard InChI is InChI=1S/C11H16F2N2/c1-7(8(5-14)6-15)10-4-9(12)2-3-11(10)13/h2-4,7-8H,5-6,14-15H2,1H3. The molecule has 0 saturated carbocycles. The van der Waals surface area contributed by atoms with Crippen molar-refractivity contribution in [2.75, 3.05) is 13.1 Å². The molecule has 0 aliphatic rings. The zero-order valence-corrected chi connectivity index (χ0v) is 8.71. The Bertz CT molecular complexity index is 324. The average Bonchev–Trinajstić information content (AvgIpc) is 2.23. The minimum Gasteiger partial charge on any atom is -0.330 e. The van der Waals surface area contributed by atoms with Crippen LogP contribution >= 0.6 is 0 Å². The summed E-state index contributed by atoms with van der Waals surface area (Å²) < 4.78 is 26.4. The maximum atomic E-state index is 13.4. The predicted molar refractivity (Wildman–Crippen MR) is 56.4 cm³/mol. The highest BCUT2D eigenvalue weighted by atomic mass is 19.1. The lowest BCUT2D eigenvalue weighted by molar-refractivity contribution is 0.446. The van der Waals surface area contributed by atoms with Crippen LogP contribution in [0.4, 0.5) is 8.78 Å². The summed E-state index contributed by atoms with van der Waals surface area (Å²) in [7, 11) is 0. The summed E-state index contributed by atoms with van der Waals surface area (Å²) in [5.74, 6) is -1.04. The van der Waals surface area contributed by atoms with Gasteiger partial charge in [0.15, 0.2) is 0 Å². The van der Waals surface area contributed by atoms with Crippen LogP contribution in [0, 0.1) is 17.6 Å². The fraction of sp³-hybridized carbons (Fsp3) is 0.455. The third-order valence-corrected chi connectivity index (χ3v) is 2.76. The van der Waals surface area contributed by atoms with E-state index in [0.717, 1.165) is 12.1 Å². The van der Waals surface area contributed by atoms with Crippen LogP contribution in [0.2, 0.25) is 0 Å². The van der Waals surface area contributed by atoms with Gasteiger partial charge in [-0.3, -0.25) is 0 Å². The first kappa shape index (κ1) is 12.1. The Kier molecular flexibility index (Phi) is 4.17. The second-order valence-corrected chi connectivity index (χ2v) is 3.69. The normalized spacial score (nSPS) is 13.2. The molecule has 0 radical (unpaired) electrons. The lowest BCUT2D eigenvalue weighted by atomic mass is 9.87. The first-order valence-electron chi connectivity index (χ1n) is 4.95. The fourth-order valence-corrected chi connectivity index (χ4v) is 1.62. The van der Waals surface area contributed by atoms with Crippen molar-refractivity contribution in [3.8, 4) is 0 Å². The zero-order chi connectivity index (χ0) is 11.4. The molecule has 0 heterocycles. The van der Waals surface area contributed by atoms with E-state index < -0.39 is 11.6 Å². The van der Waals surface area contributed by atoms with Crippen molar-refractivity contribution in [2.24, 2.45) is 17.4 Å². The molecule has 0 aliphatic carbocycles. The van der Waals surface area contributed by atoms with Gasteiger partial charge in [-0.05, 0) is 48.7 Å². The van der Waals surface area contributed by atoms with E-state index >= 15 is 0 Å². The summed E-state index contributed by atoms with van der Waals surface area (Å²) in [6.45, 7) is 2.55. The molecule has 4 N–H and O–H groups in total. The minimum atomic E-state index is -0.439. The summed E-state index contributed by atoms with van der Waals surface area (Å²) >= 11 is 0. The van der Waals surface area contributed by atoms with Crippen LogP contribution in [0.3, 0.4) is 0 Å². The zero-order valence-electron chi connectivity index (χ0n) is 8.71. The van der Waals surface area contributed by atoms with Crippen LogP contribution in [0.25, 0.3) is 0 Å². The Morgan fingerprint density at radius 2 is 1.80 bits per heavy atom.